The van der Waals surface area contributed by atoms with Gasteiger partial charge in [0.2, 0.25) is 10.0 Å². The second kappa shape index (κ2) is 8.27. The van der Waals surface area contributed by atoms with Crippen molar-refractivity contribution in [2.75, 3.05) is 13.1 Å². The third-order valence-corrected chi connectivity index (χ3v) is 6.67. The van der Waals surface area contributed by atoms with E-state index in [9.17, 15) is 8.42 Å². The van der Waals surface area contributed by atoms with Gasteiger partial charge in [-0.2, -0.15) is 0 Å². The molecule has 1 rings (SSSR count). The molecule has 1 aromatic heterocycles. The quantitative estimate of drug-likeness (QED) is 0.731. The number of sulfonamides is 1. The first-order chi connectivity index (χ1) is 9.77. The molecule has 122 valence electrons. The van der Waals surface area contributed by atoms with E-state index in [4.69, 9.17) is 0 Å². The number of nitrogens with one attached hydrogen (secondary N) is 2. The molecule has 0 aliphatic rings. The van der Waals surface area contributed by atoms with E-state index >= 15 is 0 Å². The van der Waals surface area contributed by atoms with Gasteiger partial charge < -0.3 is 5.32 Å². The lowest BCUT2D eigenvalue weighted by molar-refractivity contribution is 0.289. The van der Waals surface area contributed by atoms with Crippen LogP contribution in [-0.2, 0) is 16.6 Å². The average molecular weight is 333 g/mol. The standard InChI is InChI=1S/C15H28N2O2S2/c1-6-16-9-13-7-8-15(20-13)21(18,19)17-10-14(11(2)3)12(4)5/h7-8,11-12,14,16-17H,6,9-10H2,1-5H3. The van der Waals surface area contributed by atoms with Crippen molar-refractivity contribution in [1.29, 1.82) is 0 Å². The Kier molecular flexibility index (Phi) is 7.33. The topological polar surface area (TPSA) is 58.2 Å². The van der Waals surface area contributed by atoms with E-state index in [1.165, 1.54) is 11.3 Å². The minimum Gasteiger partial charge on any atom is -0.312 e. The first kappa shape index (κ1) is 18.6. The lowest BCUT2D eigenvalue weighted by atomic mass is 9.86. The summed E-state index contributed by atoms with van der Waals surface area (Å²) in [5.41, 5.74) is 0. The molecule has 0 bridgehead atoms. The lowest BCUT2D eigenvalue weighted by Crippen LogP contribution is -2.33. The van der Waals surface area contributed by atoms with Crippen LogP contribution in [0, 0.1) is 17.8 Å². The van der Waals surface area contributed by atoms with Gasteiger partial charge in [-0.15, -0.1) is 11.3 Å². The fourth-order valence-electron chi connectivity index (χ4n) is 2.36. The number of rotatable bonds is 9. The maximum atomic E-state index is 12.3. The summed E-state index contributed by atoms with van der Waals surface area (Å²) in [5, 5.41) is 3.20. The largest absolute Gasteiger partial charge is 0.312 e. The SMILES string of the molecule is CCNCc1ccc(S(=O)(=O)NCC(C(C)C)C(C)C)s1. The van der Waals surface area contributed by atoms with Crippen molar-refractivity contribution in [3.63, 3.8) is 0 Å². The van der Waals surface area contributed by atoms with Gasteiger partial charge in [0.25, 0.3) is 0 Å². The van der Waals surface area contributed by atoms with Crippen LogP contribution < -0.4 is 10.0 Å². The zero-order valence-electron chi connectivity index (χ0n) is 13.6. The molecule has 0 radical (unpaired) electrons. The molecule has 0 saturated carbocycles. The van der Waals surface area contributed by atoms with Crippen molar-refractivity contribution >= 4 is 21.4 Å². The second-order valence-electron chi connectivity index (χ2n) is 6.00. The fourth-order valence-corrected chi connectivity index (χ4v) is 4.81. The van der Waals surface area contributed by atoms with Gasteiger partial charge in [-0.3, -0.25) is 0 Å². The van der Waals surface area contributed by atoms with E-state index in [0.717, 1.165) is 18.0 Å². The van der Waals surface area contributed by atoms with Crippen LogP contribution in [0.2, 0.25) is 0 Å². The first-order valence-corrected chi connectivity index (χ1v) is 9.87. The van der Waals surface area contributed by atoms with E-state index in [1.54, 1.807) is 6.07 Å². The Morgan fingerprint density at radius 2 is 1.76 bits per heavy atom. The minimum atomic E-state index is -3.39. The highest BCUT2D eigenvalue weighted by atomic mass is 32.2. The molecule has 0 fully saturated rings. The number of hydrogen-bond donors (Lipinski definition) is 2. The highest BCUT2D eigenvalue weighted by Crippen LogP contribution is 2.23. The van der Waals surface area contributed by atoms with Gasteiger partial charge in [0, 0.05) is 18.0 Å². The highest BCUT2D eigenvalue weighted by molar-refractivity contribution is 7.91. The third kappa shape index (κ3) is 5.70. The van der Waals surface area contributed by atoms with Gasteiger partial charge in [0.05, 0.1) is 0 Å². The second-order valence-corrected chi connectivity index (χ2v) is 9.17. The van der Waals surface area contributed by atoms with E-state index in [1.807, 2.05) is 13.0 Å². The van der Waals surface area contributed by atoms with Gasteiger partial charge in [-0.25, -0.2) is 13.1 Å². The number of hydrogen-bond acceptors (Lipinski definition) is 4. The molecule has 2 N–H and O–H groups in total. The zero-order chi connectivity index (χ0) is 16.0. The van der Waals surface area contributed by atoms with Crippen LogP contribution in [0.4, 0.5) is 0 Å². The Morgan fingerprint density at radius 3 is 2.29 bits per heavy atom. The van der Waals surface area contributed by atoms with Crippen molar-refractivity contribution in [2.24, 2.45) is 17.8 Å². The van der Waals surface area contributed by atoms with Crippen molar-refractivity contribution in [3.05, 3.63) is 17.0 Å². The summed E-state index contributed by atoms with van der Waals surface area (Å²) in [4.78, 5) is 1.04. The van der Waals surface area contributed by atoms with E-state index in [-0.39, 0.29) is 0 Å². The molecule has 6 heteroatoms. The van der Waals surface area contributed by atoms with Gasteiger partial charge in [0.1, 0.15) is 4.21 Å². The molecule has 4 nitrogen and oxygen atoms in total. The van der Waals surface area contributed by atoms with Crippen LogP contribution in [0.15, 0.2) is 16.3 Å². The Labute approximate surface area is 133 Å². The zero-order valence-corrected chi connectivity index (χ0v) is 15.3. The fraction of sp³-hybridized carbons (Fsp3) is 0.733. The van der Waals surface area contributed by atoms with Crippen LogP contribution in [0.25, 0.3) is 0 Å². The van der Waals surface area contributed by atoms with Gasteiger partial charge in [-0.1, -0.05) is 34.6 Å². The molecule has 1 aromatic rings. The van der Waals surface area contributed by atoms with Crippen molar-refractivity contribution < 1.29 is 8.42 Å². The van der Waals surface area contributed by atoms with Crippen molar-refractivity contribution in [1.82, 2.24) is 10.0 Å². The Balaban J connectivity index is 2.70. The van der Waals surface area contributed by atoms with Crippen LogP contribution in [0.1, 0.15) is 39.5 Å². The van der Waals surface area contributed by atoms with Crippen LogP contribution in [0.5, 0.6) is 0 Å². The molecular weight excluding hydrogens is 304 g/mol. The molecule has 0 aromatic carbocycles. The molecule has 21 heavy (non-hydrogen) atoms. The monoisotopic (exact) mass is 332 g/mol. The Bertz CT molecular complexity index is 514. The molecule has 0 saturated heterocycles. The summed E-state index contributed by atoms with van der Waals surface area (Å²) in [6, 6.07) is 3.57. The third-order valence-electron chi connectivity index (χ3n) is 3.67. The normalized spacial score (nSPS) is 12.8. The number of thiophene rings is 1. The highest BCUT2D eigenvalue weighted by Gasteiger charge is 2.22. The van der Waals surface area contributed by atoms with Crippen molar-refractivity contribution in [3.8, 4) is 0 Å². The van der Waals surface area contributed by atoms with Crippen LogP contribution in [0.3, 0.4) is 0 Å². The van der Waals surface area contributed by atoms with E-state index < -0.39 is 10.0 Å². The molecule has 0 unspecified atom stereocenters. The Morgan fingerprint density at radius 1 is 1.14 bits per heavy atom. The summed E-state index contributed by atoms with van der Waals surface area (Å²) in [7, 11) is -3.39. The predicted molar refractivity (Wildman–Crippen MR) is 90.1 cm³/mol. The summed E-state index contributed by atoms with van der Waals surface area (Å²) >= 11 is 1.34. The molecule has 0 amide bonds. The summed E-state index contributed by atoms with van der Waals surface area (Å²) in [6.45, 7) is 12.7. The molecule has 0 aliphatic carbocycles. The summed E-state index contributed by atoms with van der Waals surface area (Å²) in [6.07, 6.45) is 0. The predicted octanol–water partition coefficient (Wildman–Crippen LogP) is 3.06. The maximum Gasteiger partial charge on any atom is 0.250 e. The first-order valence-electron chi connectivity index (χ1n) is 7.57. The Hall–Kier alpha value is -0.430. The van der Waals surface area contributed by atoms with E-state index in [0.29, 0.717) is 28.5 Å². The van der Waals surface area contributed by atoms with Gasteiger partial charge >= 0.3 is 0 Å². The van der Waals surface area contributed by atoms with Crippen LogP contribution >= 0.6 is 11.3 Å². The molecule has 0 spiro atoms. The molecule has 0 atom stereocenters. The van der Waals surface area contributed by atoms with Gasteiger partial charge in [-0.05, 0) is 36.4 Å². The smallest absolute Gasteiger partial charge is 0.250 e. The van der Waals surface area contributed by atoms with Crippen LogP contribution in [-0.4, -0.2) is 21.5 Å². The molecule has 1 heterocycles. The van der Waals surface area contributed by atoms with E-state index in [2.05, 4.69) is 37.7 Å². The summed E-state index contributed by atoms with van der Waals surface area (Å²) < 4.78 is 27.9. The average Bonchev–Trinajstić information content (AvgIpc) is 2.85. The maximum absolute atomic E-state index is 12.3. The molecular formula is C15H28N2O2S2. The summed E-state index contributed by atoms with van der Waals surface area (Å²) in [5.74, 6) is 1.27. The van der Waals surface area contributed by atoms with Crippen molar-refractivity contribution in [2.45, 2.75) is 45.4 Å². The minimum absolute atomic E-state index is 0.348. The molecule has 0 aliphatic heterocycles. The van der Waals surface area contributed by atoms with Gasteiger partial charge in [0.15, 0.2) is 0 Å². The lowest BCUT2D eigenvalue weighted by Gasteiger charge is -2.24.